The number of fused-ring (bicyclic) bond motifs is 14. The van der Waals surface area contributed by atoms with Crippen molar-refractivity contribution in [2.24, 2.45) is 4.99 Å². The van der Waals surface area contributed by atoms with E-state index in [1.807, 2.05) is 12.3 Å². The summed E-state index contributed by atoms with van der Waals surface area (Å²) in [7, 11) is 0. The van der Waals surface area contributed by atoms with Crippen molar-refractivity contribution in [3.05, 3.63) is 224 Å². The van der Waals surface area contributed by atoms with E-state index < -0.39 is 18.0 Å². The van der Waals surface area contributed by atoms with Gasteiger partial charge >= 0.3 is 362 Å². The van der Waals surface area contributed by atoms with Gasteiger partial charge in [-0.1, -0.05) is 0 Å². The Hall–Kier alpha value is -6.89. The second-order valence-corrected chi connectivity index (χ2v) is 23.4. The van der Waals surface area contributed by atoms with Crippen LogP contribution in [-0.4, -0.2) is 17.4 Å². The molecule has 2 unspecified atom stereocenters. The summed E-state index contributed by atoms with van der Waals surface area (Å²) in [6.45, 7) is 4.34. The Morgan fingerprint density at radius 3 is 1.95 bits per heavy atom. The summed E-state index contributed by atoms with van der Waals surface area (Å²) in [5.74, 6) is 0.0984. The van der Waals surface area contributed by atoms with Crippen LogP contribution in [0.3, 0.4) is 0 Å². The molecule has 3 heterocycles. The van der Waals surface area contributed by atoms with E-state index in [0.29, 0.717) is 0 Å². The predicted octanol–water partition coefficient (Wildman–Crippen LogP) is 15.0. The number of hydrogen-bond donors (Lipinski definition) is 0. The van der Waals surface area contributed by atoms with Gasteiger partial charge in [0.2, 0.25) is 0 Å². The summed E-state index contributed by atoms with van der Waals surface area (Å²) in [4.78, 5) is 5.49. The second-order valence-electron chi connectivity index (χ2n) is 16.1. The molecule has 3 nitrogen and oxygen atoms in total. The molecule has 0 bridgehead atoms. The van der Waals surface area contributed by atoms with Crippen LogP contribution in [0.4, 0.5) is 0 Å². The standard InChI is InChI=1S/C57H42IN3/c1-4-35-59-52(58(3)49-28-16-13-24-41(49)46-32-34-48-43-26-15-18-30-51(43)61(57(48)55(46)58)39-21-9-6-10-22-39)36-37(2)60-50-29-17-14-25-42(50)47-33-31-45-40-23-11-12-27-44(40)53(54(45)56(47)60)38-19-7-5-8-20-38/h4-36,53H,3H2,1-2H3/b35-4-,37-36+,59-52+. The van der Waals surface area contributed by atoms with Gasteiger partial charge in [0, 0.05) is 0 Å². The van der Waals surface area contributed by atoms with Crippen molar-refractivity contribution in [2.45, 2.75) is 19.8 Å². The van der Waals surface area contributed by atoms with Crippen molar-refractivity contribution in [3.63, 3.8) is 0 Å². The van der Waals surface area contributed by atoms with Crippen LogP contribution in [0.5, 0.6) is 0 Å². The van der Waals surface area contributed by atoms with Crippen molar-refractivity contribution < 1.29 is 0 Å². The molecule has 1 aliphatic carbocycles. The Balaban J connectivity index is 1.17. The summed E-state index contributed by atoms with van der Waals surface area (Å²) >= 11 is -3.76. The molecule has 4 heteroatoms. The molecule has 0 amide bonds. The molecule has 2 aromatic heterocycles. The van der Waals surface area contributed by atoms with E-state index in [1.165, 1.54) is 89.7 Å². The second kappa shape index (κ2) is 13.8. The third-order valence-electron chi connectivity index (χ3n) is 12.8. The van der Waals surface area contributed by atoms with Crippen molar-refractivity contribution in [1.29, 1.82) is 0 Å². The van der Waals surface area contributed by atoms with Gasteiger partial charge in [0.25, 0.3) is 0 Å². The summed E-state index contributed by atoms with van der Waals surface area (Å²) in [6.07, 6.45) is 6.43. The first-order valence-corrected chi connectivity index (χ1v) is 25.7. The fourth-order valence-electron chi connectivity index (χ4n) is 10.4. The number of nitrogens with zero attached hydrogens (tertiary/aromatic N) is 3. The van der Waals surface area contributed by atoms with Crippen molar-refractivity contribution in [1.82, 2.24) is 9.13 Å². The summed E-state index contributed by atoms with van der Waals surface area (Å²) < 4.78 is 14.3. The fraction of sp³-hybridized carbons (Fsp3) is 0.0526. The summed E-state index contributed by atoms with van der Waals surface area (Å²) in [6, 6.07) is 67.0. The fourth-order valence-corrected chi connectivity index (χ4v) is 18.9. The quantitative estimate of drug-likeness (QED) is 0.117. The molecular weight excluding hydrogens is 854 g/mol. The average Bonchev–Trinajstić information content (AvgIpc) is 4.02. The molecule has 0 fully saturated rings. The number of para-hydroxylation sites is 3. The molecule has 0 saturated heterocycles. The maximum absolute atomic E-state index is 5.50. The van der Waals surface area contributed by atoms with E-state index in [0.717, 1.165) is 15.1 Å². The average molecular weight is 896 g/mol. The zero-order chi connectivity index (χ0) is 40.8. The van der Waals surface area contributed by atoms with Crippen molar-refractivity contribution in [3.8, 4) is 27.9 Å². The molecule has 2 atom stereocenters. The van der Waals surface area contributed by atoms with Crippen LogP contribution in [-0.2, 0) is 0 Å². The van der Waals surface area contributed by atoms with Crippen LogP contribution in [0.15, 0.2) is 205 Å². The van der Waals surface area contributed by atoms with Crippen LogP contribution in [0, 0.1) is 7.14 Å². The van der Waals surface area contributed by atoms with Crippen LogP contribution in [0.25, 0.3) is 77.2 Å². The Morgan fingerprint density at radius 1 is 0.574 bits per heavy atom. The molecule has 1 aliphatic heterocycles. The van der Waals surface area contributed by atoms with Crippen molar-refractivity contribution >= 4 is 75.5 Å². The van der Waals surface area contributed by atoms with E-state index in [2.05, 4.69) is 211 Å². The number of aliphatic imine (C=N–C) groups is 1. The first kappa shape index (κ1) is 36.0. The van der Waals surface area contributed by atoms with Gasteiger partial charge in [0.1, 0.15) is 0 Å². The van der Waals surface area contributed by atoms with Gasteiger partial charge in [0.15, 0.2) is 0 Å². The van der Waals surface area contributed by atoms with Gasteiger partial charge < -0.3 is 0 Å². The number of hydrogen-bond acceptors (Lipinski definition) is 1. The Bertz CT molecular complexity index is 3580. The Morgan fingerprint density at radius 2 is 1.18 bits per heavy atom. The van der Waals surface area contributed by atoms with Gasteiger partial charge in [-0.25, -0.2) is 0 Å². The topological polar surface area (TPSA) is 22.2 Å². The number of rotatable bonds is 6. The molecule has 0 spiro atoms. The minimum atomic E-state index is -3.76. The molecular formula is C57H42IN3. The number of allylic oxidation sites excluding steroid dienone is 3. The molecule has 0 saturated carbocycles. The van der Waals surface area contributed by atoms with Crippen LogP contribution < -0.4 is 0 Å². The van der Waals surface area contributed by atoms with E-state index in [4.69, 9.17) is 9.51 Å². The van der Waals surface area contributed by atoms with Gasteiger partial charge in [-0.3, -0.25) is 0 Å². The zero-order valence-electron chi connectivity index (χ0n) is 34.1. The Labute approximate surface area is 359 Å². The van der Waals surface area contributed by atoms with E-state index >= 15 is 0 Å². The summed E-state index contributed by atoms with van der Waals surface area (Å²) in [5.41, 5.74) is 16.3. The minimum absolute atomic E-state index is 0.0984. The molecule has 10 aromatic rings. The SMILES string of the molecule is C=I1(C(/C=C(\C)n2c3ccccc3c3ccc4c(c32)C(c2ccccc2)c2ccccc2-4)=N/C=C\C)c2ccccc2-c2ccc3c4ccccc4n(-c4ccccc4)c3c21. The Kier molecular flexibility index (Phi) is 8.16. The van der Waals surface area contributed by atoms with E-state index in [9.17, 15) is 0 Å². The first-order valence-electron chi connectivity index (χ1n) is 21.0. The maximum atomic E-state index is 5.50. The van der Waals surface area contributed by atoms with Gasteiger partial charge in [-0.2, -0.15) is 0 Å². The molecule has 8 aromatic carbocycles. The first-order chi connectivity index (χ1) is 30.1. The number of aromatic nitrogens is 2. The van der Waals surface area contributed by atoms with Gasteiger partial charge in [-0.15, -0.1) is 0 Å². The van der Waals surface area contributed by atoms with E-state index in [-0.39, 0.29) is 5.92 Å². The monoisotopic (exact) mass is 895 g/mol. The predicted molar refractivity (Wildman–Crippen MR) is 269 cm³/mol. The van der Waals surface area contributed by atoms with Crippen LogP contribution in [0.1, 0.15) is 36.5 Å². The molecule has 292 valence electrons. The normalized spacial score (nSPS) is 18.2. The number of halogens is 1. The van der Waals surface area contributed by atoms with Gasteiger partial charge in [-0.05, 0) is 0 Å². The molecule has 61 heavy (non-hydrogen) atoms. The van der Waals surface area contributed by atoms with E-state index in [1.54, 1.807) is 0 Å². The zero-order valence-corrected chi connectivity index (χ0v) is 36.2. The summed E-state index contributed by atoms with van der Waals surface area (Å²) in [5, 5.41) is 5.01. The number of benzene rings is 8. The van der Waals surface area contributed by atoms with Crippen LogP contribution in [0.2, 0.25) is 0 Å². The van der Waals surface area contributed by atoms with Crippen molar-refractivity contribution in [2.75, 3.05) is 0 Å². The third kappa shape index (κ3) is 5.09. The van der Waals surface area contributed by atoms with Crippen LogP contribution >= 0.6 is 18.0 Å². The molecule has 0 N–H and O–H groups in total. The third-order valence-corrected chi connectivity index (χ3v) is 21.2. The molecule has 2 aliphatic rings. The molecule has 0 radical (unpaired) electrons. The van der Waals surface area contributed by atoms with Gasteiger partial charge in [0.05, 0.1) is 0 Å². The molecule has 12 rings (SSSR count).